The molecular weight excluding hydrogens is 272 g/mol. The number of carbonyl (C=O) groups is 1. The molecule has 1 saturated heterocycles. The van der Waals surface area contributed by atoms with Crippen LogP contribution in [0.2, 0.25) is 0 Å². The van der Waals surface area contributed by atoms with Gasteiger partial charge in [0.05, 0.1) is 5.69 Å². The lowest BCUT2D eigenvalue weighted by Gasteiger charge is -2.29. The van der Waals surface area contributed by atoms with Gasteiger partial charge in [0.25, 0.3) is 0 Å². The molecule has 86 valence electrons. The average molecular weight is 285 g/mol. The summed E-state index contributed by atoms with van der Waals surface area (Å²) in [6.07, 6.45) is 2.66. The van der Waals surface area contributed by atoms with Gasteiger partial charge < -0.3 is 10.0 Å². The van der Waals surface area contributed by atoms with Crippen LogP contribution in [0.15, 0.2) is 22.8 Å². The first-order valence-corrected chi connectivity index (χ1v) is 6.06. The second-order valence-electron chi connectivity index (χ2n) is 3.91. The van der Waals surface area contributed by atoms with E-state index in [0.29, 0.717) is 19.0 Å². The number of amides is 1. The zero-order chi connectivity index (χ0) is 11.5. The third-order valence-corrected chi connectivity index (χ3v) is 3.61. The summed E-state index contributed by atoms with van der Waals surface area (Å²) >= 11 is 3.48. The molecule has 2 heterocycles. The van der Waals surface area contributed by atoms with Gasteiger partial charge in [-0.3, -0.25) is 4.98 Å². The van der Waals surface area contributed by atoms with Gasteiger partial charge in [0, 0.05) is 29.7 Å². The molecule has 0 unspecified atom stereocenters. The molecule has 0 aromatic carbocycles. The van der Waals surface area contributed by atoms with Gasteiger partial charge in [0.1, 0.15) is 0 Å². The number of hydrogen-bond donors (Lipinski definition) is 1. The van der Waals surface area contributed by atoms with E-state index in [0.717, 1.165) is 23.0 Å². The van der Waals surface area contributed by atoms with E-state index in [-0.39, 0.29) is 0 Å². The van der Waals surface area contributed by atoms with E-state index in [1.165, 1.54) is 4.90 Å². The van der Waals surface area contributed by atoms with Crippen LogP contribution in [0.4, 0.5) is 4.79 Å². The molecule has 1 N–H and O–H groups in total. The second-order valence-corrected chi connectivity index (χ2v) is 4.77. The topological polar surface area (TPSA) is 53.4 Å². The minimum atomic E-state index is -0.821. The number of halogens is 1. The van der Waals surface area contributed by atoms with Crippen molar-refractivity contribution >= 4 is 22.0 Å². The molecule has 0 spiro atoms. The number of carboxylic acid groups (broad SMARTS) is 1. The Kier molecular flexibility index (Phi) is 3.43. The van der Waals surface area contributed by atoms with E-state index in [2.05, 4.69) is 20.9 Å². The highest BCUT2D eigenvalue weighted by molar-refractivity contribution is 9.10. The molecule has 1 amide bonds. The summed E-state index contributed by atoms with van der Waals surface area (Å²) in [4.78, 5) is 16.6. The molecule has 1 aromatic heterocycles. The van der Waals surface area contributed by atoms with Crippen LogP contribution in [0.25, 0.3) is 0 Å². The molecule has 0 radical (unpaired) electrons. The Bertz CT molecular complexity index is 389. The number of hydrogen-bond acceptors (Lipinski definition) is 2. The molecule has 0 bridgehead atoms. The van der Waals surface area contributed by atoms with Gasteiger partial charge in [-0.15, -0.1) is 0 Å². The van der Waals surface area contributed by atoms with Crippen molar-refractivity contribution in [1.82, 2.24) is 9.88 Å². The number of rotatable bonds is 1. The van der Waals surface area contributed by atoms with Crippen molar-refractivity contribution in [3.05, 3.63) is 28.5 Å². The molecule has 0 aliphatic carbocycles. The Morgan fingerprint density at radius 2 is 2.19 bits per heavy atom. The van der Waals surface area contributed by atoms with Gasteiger partial charge in [-0.25, -0.2) is 4.79 Å². The number of nitrogens with zero attached hydrogens (tertiary/aromatic N) is 2. The minimum Gasteiger partial charge on any atom is -0.465 e. The molecule has 4 nitrogen and oxygen atoms in total. The second kappa shape index (κ2) is 4.82. The lowest BCUT2D eigenvalue weighted by Crippen LogP contribution is -2.37. The van der Waals surface area contributed by atoms with Crippen LogP contribution in [0.3, 0.4) is 0 Å². The summed E-state index contributed by atoms with van der Waals surface area (Å²) in [5, 5.41) is 8.85. The summed E-state index contributed by atoms with van der Waals surface area (Å²) < 4.78 is 1.02. The first kappa shape index (κ1) is 11.4. The molecule has 1 aromatic rings. The average Bonchev–Trinajstić information content (AvgIpc) is 2.30. The number of likely N-dealkylation sites (tertiary alicyclic amines) is 1. The Morgan fingerprint density at radius 1 is 1.50 bits per heavy atom. The Balaban J connectivity index is 2.05. The van der Waals surface area contributed by atoms with E-state index in [9.17, 15) is 4.79 Å². The van der Waals surface area contributed by atoms with E-state index < -0.39 is 6.09 Å². The van der Waals surface area contributed by atoms with Crippen molar-refractivity contribution in [3.8, 4) is 0 Å². The molecule has 0 atom stereocenters. The molecule has 0 saturated carbocycles. The zero-order valence-electron chi connectivity index (χ0n) is 8.77. The summed E-state index contributed by atoms with van der Waals surface area (Å²) in [5.74, 6) is 0.367. The predicted octanol–water partition coefficient (Wildman–Crippen LogP) is 2.70. The van der Waals surface area contributed by atoms with Crippen LogP contribution >= 0.6 is 15.9 Å². The van der Waals surface area contributed by atoms with Crippen LogP contribution < -0.4 is 0 Å². The SMILES string of the molecule is O=C(O)N1CCC(c2ncccc2Br)CC1. The van der Waals surface area contributed by atoms with Crippen LogP contribution in [0, 0.1) is 0 Å². The minimum absolute atomic E-state index is 0.367. The monoisotopic (exact) mass is 284 g/mol. The van der Waals surface area contributed by atoms with E-state index in [4.69, 9.17) is 5.11 Å². The van der Waals surface area contributed by atoms with Crippen molar-refractivity contribution in [2.24, 2.45) is 0 Å². The van der Waals surface area contributed by atoms with E-state index in [1.54, 1.807) is 6.20 Å². The first-order valence-electron chi connectivity index (χ1n) is 5.27. The van der Waals surface area contributed by atoms with Crippen LogP contribution in [0.1, 0.15) is 24.5 Å². The molecule has 16 heavy (non-hydrogen) atoms. The summed E-state index contributed by atoms with van der Waals surface area (Å²) in [6, 6.07) is 3.87. The van der Waals surface area contributed by atoms with Crippen molar-refractivity contribution in [2.45, 2.75) is 18.8 Å². The van der Waals surface area contributed by atoms with E-state index >= 15 is 0 Å². The fourth-order valence-electron chi connectivity index (χ4n) is 2.04. The van der Waals surface area contributed by atoms with Crippen LogP contribution in [0.5, 0.6) is 0 Å². The number of piperidine rings is 1. The van der Waals surface area contributed by atoms with Gasteiger partial charge in [-0.1, -0.05) is 0 Å². The lowest BCUT2D eigenvalue weighted by atomic mass is 9.93. The van der Waals surface area contributed by atoms with Crippen LogP contribution in [-0.2, 0) is 0 Å². The highest BCUT2D eigenvalue weighted by Crippen LogP contribution is 2.31. The van der Waals surface area contributed by atoms with Crippen molar-refractivity contribution in [1.29, 1.82) is 0 Å². The fourth-order valence-corrected chi connectivity index (χ4v) is 2.62. The lowest BCUT2D eigenvalue weighted by molar-refractivity contribution is 0.131. The highest BCUT2D eigenvalue weighted by Gasteiger charge is 2.25. The molecule has 1 aliphatic heterocycles. The standard InChI is InChI=1S/C11H13BrN2O2/c12-9-2-1-5-13-10(9)8-3-6-14(7-4-8)11(15)16/h1-2,5,8H,3-4,6-7H2,(H,15,16). The third kappa shape index (κ3) is 2.35. The largest absolute Gasteiger partial charge is 0.465 e. The molecule has 1 aliphatic rings. The Morgan fingerprint density at radius 3 is 2.75 bits per heavy atom. The van der Waals surface area contributed by atoms with Crippen molar-refractivity contribution < 1.29 is 9.90 Å². The Hall–Kier alpha value is -1.10. The first-order chi connectivity index (χ1) is 7.68. The normalized spacial score (nSPS) is 17.4. The zero-order valence-corrected chi connectivity index (χ0v) is 10.4. The molecule has 2 rings (SSSR count). The number of pyridine rings is 1. The molecular formula is C11H13BrN2O2. The third-order valence-electron chi connectivity index (χ3n) is 2.94. The van der Waals surface area contributed by atoms with Gasteiger partial charge in [-0.05, 0) is 40.9 Å². The quantitative estimate of drug-likeness (QED) is 0.863. The maximum Gasteiger partial charge on any atom is 0.407 e. The van der Waals surface area contributed by atoms with Crippen molar-refractivity contribution in [2.75, 3.05) is 13.1 Å². The van der Waals surface area contributed by atoms with Gasteiger partial charge in [0.2, 0.25) is 0 Å². The summed E-state index contributed by atoms with van der Waals surface area (Å²) in [7, 11) is 0. The summed E-state index contributed by atoms with van der Waals surface area (Å²) in [5.41, 5.74) is 1.05. The fraction of sp³-hybridized carbons (Fsp3) is 0.455. The van der Waals surface area contributed by atoms with Gasteiger partial charge in [0.15, 0.2) is 0 Å². The maximum atomic E-state index is 10.8. The Labute approximate surface area is 102 Å². The van der Waals surface area contributed by atoms with E-state index in [1.807, 2.05) is 12.1 Å². The number of aromatic nitrogens is 1. The maximum absolute atomic E-state index is 10.8. The highest BCUT2D eigenvalue weighted by atomic mass is 79.9. The van der Waals surface area contributed by atoms with Gasteiger partial charge in [-0.2, -0.15) is 0 Å². The van der Waals surface area contributed by atoms with Crippen LogP contribution in [-0.4, -0.2) is 34.2 Å². The smallest absolute Gasteiger partial charge is 0.407 e. The molecule has 1 fully saturated rings. The summed E-state index contributed by atoms with van der Waals surface area (Å²) in [6.45, 7) is 1.20. The predicted molar refractivity (Wildman–Crippen MR) is 63.5 cm³/mol. The van der Waals surface area contributed by atoms with Crippen molar-refractivity contribution in [3.63, 3.8) is 0 Å². The molecule has 5 heteroatoms. The van der Waals surface area contributed by atoms with Gasteiger partial charge >= 0.3 is 6.09 Å².